The number of pyridine rings is 1. The van der Waals surface area contributed by atoms with Crippen LogP contribution in [0.4, 0.5) is 36.1 Å². The summed E-state index contributed by atoms with van der Waals surface area (Å²) in [4.78, 5) is 28.5. The predicted octanol–water partition coefficient (Wildman–Crippen LogP) is 5.44. The minimum absolute atomic E-state index is 0.0473. The molecule has 0 radical (unpaired) electrons. The Kier molecular flexibility index (Phi) is 5.81. The van der Waals surface area contributed by atoms with E-state index in [1.807, 2.05) is 0 Å². The van der Waals surface area contributed by atoms with Crippen LogP contribution in [0.3, 0.4) is 0 Å². The van der Waals surface area contributed by atoms with Crippen molar-refractivity contribution in [2.45, 2.75) is 19.0 Å². The van der Waals surface area contributed by atoms with Crippen molar-refractivity contribution in [3.05, 3.63) is 78.0 Å². The second-order valence-corrected chi connectivity index (χ2v) is 7.43. The van der Waals surface area contributed by atoms with Crippen molar-refractivity contribution in [2.75, 3.05) is 16.0 Å². The lowest BCUT2D eigenvalue weighted by atomic mass is 10.1. The number of nitrogens with zero attached hydrogens (tertiary/aromatic N) is 1. The standard InChI is InChI=1S/C23H19F3N4O2/c24-23(25,26)16-4-1-3-15(11-16)22(32)29-18-6-2-5-17(12-18)28-19-9-10-27-20(13-19)30-21(31)14-7-8-14/h1-6,9-14H,7-8H2,(H,29,32)(H2,27,28,30,31). The van der Waals surface area contributed by atoms with Gasteiger partial charge in [-0.1, -0.05) is 12.1 Å². The van der Waals surface area contributed by atoms with Crippen molar-refractivity contribution < 1.29 is 22.8 Å². The summed E-state index contributed by atoms with van der Waals surface area (Å²) in [5, 5.41) is 8.53. The number of aromatic nitrogens is 1. The fourth-order valence-electron chi connectivity index (χ4n) is 3.03. The normalized spacial score (nSPS) is 13.3. The van der Waals surface area contributed by atoms with Crippen molar-refractivity contribution in [2.24, 2.45) is 5.92 Å². The molecule has 9 heteroatoms. The Balaban J connectivity index is 1.44. The average molecular weight is 440 g/mol. The van der Waals surface area contributed by atoms with Gasteiger partial charge in [0.05, 0.1) is 5.56 Å². The molecule has 3 aromatic rings. The first-order chi connectivity index (χ1) is 15.3. The summed E-state index contributed by atoms with van der Waals surface area (Å²) in [6.45, 7) is 0. The molecule has 1 aliphatic carbocycles. The zero-order valence-electron chi connectivity index (χ0n) is 16.7. The lowest BCUT2D eigenvalue weighted by Crippen LogP contribution is -2.14. The molecule has 1 saturated carbocycles. The molecule has 0 saturated heterocycles. The van der Waals surface area contributed by atoms with Gasteiger partial charge in [0.15, 0.2) is 0 Å². The van der Waals surface area contributed by atoms with Crippen LogP contribution < -0.4 is 16.0 Å². The molecule has 164 valence electrons. The highest BCUT2D eigenvalue weighted by Crippen LogP contribution is 2.31. The van der Waals surface area contributed by atoms with Gasteiger partial charge in [-0.25, -0.2) is 4.98 Å². The summed E-state index contributed by atoms with van der Waals surface area (Å²) >= 11 is 0. The molecule has 2 aromatic carbocycles. The van der Waals surface area contributed by atoms with Crippen molar-refractivity contribution >= 4 is 34.7 Å². The molecule has 1 aromatic heterocycles. The number of carbonyl (C=O) groups excluding carboxylic acids is 2. The molecular formula is C23H19F3N4O2. The van der Waals surface area contributed by atoms with E-state index in [0.29, 0.717) is 22.9 Å². The van der Waals surface area contributed by atoms with Gasteiger partial charge in [-0.15, -0.1) is 0 Å². The summed E-state index contributed by atoms with van der Waals surface area (Å²) in [5.41, 5.74) is 0.741. The number of nitrogens with one attached hydrogen (secondary N) is 3. The minimum Gasteiger partial charge on any atom is -0.355 e. The molecule has 0 unspecified atom stereocenters. The number of rotatable bonds is 6. The first kappa shape index (κ1) is 21.4. The Bertz CT molecular complexity index is 1160. The monoisotopic (exact) mass is 440 g/mol. The summed E-state index contributed by atoms with van der Waals surface area (Å²) in [5.74, 6) is -0.206. The van der Waals surface area contributed by atoms with Crippen molar-refractivity contribution in [1.82, 2.24) is 4.98 Å². The van der Waals surface area contributed by atoms with E-state index in [-0.39, 0.29) is 17.4 Å². The number of alkyl halides is 3. The minimum atomic E-state index is -4.53. The van der Waals surface area contributed by atoms with E-state index >= 15 is 0 Å². The molecule has 0 aliphatic heterocycles. The molecule has 0 atom stereocenters. The number of halogens is 3. The highest BCUT2D eigenvalue weighted by Gasteiger charge is 2.31. The van der Waals surface area contributed by atoms with Gasteiger partial charge in [-0.2, -0.15) is 13.2 Å². The van der Waals surface area contributed by atoms with E-state index in [1.165, 1.54) is 12.1 Å². The molecule has 1 aliphatic rings. The first-order valence-corrected chi connectivity index (χ1v) is 9.90. The summed E-state index contributed by atoms with van der Waals surface area (Å²) < 4.78 is 38.7. The number of amides is 2. The fraction of sp³-hybridized carbons (Fsp3) is 0.174. The maximum Gasteiger partial charge on any atom is 0.416 e. The van der Waals surface area contributed by atoms with Crippen LogP contribution >= 0.6 is 0 Å². The Labute approximate surface area is 181 Å². The van der Waals surface area contributed by atoms with Crippen LogP contribution in [0.2, 0.25) is 0 Å². The number of anilines is 4. The van der Waals surface area contributed by atoms with Gasteiger partial charge in [0, 0.05) is 40.8 Å². The van der Waals surface area contributed by atoms with Gasteiger partial charge in [-0.05, 0) is 55.3 Å². The van der Waals surface area contributed by atoms with Crippen molar-refractivity contribution in [3.63, 3.8) is 0 Å². The van der Waals surface area contributed by atoms with Crippen molar-refractivity contribution in [3.8, 4) is 0 Å². The quantitative estimate of drug-likeness (QED) is 0.476. The zero-order valence-corrected chi connectivity index (χ0v) is 16.7. The SMILES string of the molecule is O=C(Nc1cccc(Nc2ccnc(NC(=O)C3CC3)c2)c1)c1cccc(C(F)(F)F)c1. The van der Waals surface area contributed by atoms with Gasteiger partial charge in [0.25, 0.3) is 5.91 Å². The Morgan fingerprint density at radius 2 is 1.59 bits per heavy atom. The van der Waals surface area contributed by atoms with Gasteiger partial charge in [-0.3, -0.25) is 9.59 Å². The van der Waals surface area contributed by atoms with E-state index in [1.54, 1.807) is 42.6 Å². The Hall–Kier alpha value is -3.88. The van der Waals surface area contributed by atoms with Crippen LogP contribution in [-0.4, -0.2) is 16.8 Å². The van der Waals surface area contributed by atoms with Gasteiger partial charge >= 0.3 is 6.18 Å². The molecule has 4 rings (SSSR count). The first-order valence-electron chi connectivity index (χ1n) is 9.90. The molecule has 6 nitrogen and oxygen atoms in total. The van der Waals surface area contributed by atoms with Crippen LogP contribution in [0.15, 0.2) is 66.9 Å². The number of hydrogen-bond donors (Lipinski definition) is 3. The van der Waals surface area contributed by atoms with E-state index in [0.717, 1.165) is 25.0 Å². The van der Waals surface area contributed by atoms with Crippen molar-refractivity contribution in [1.29, 1.82) is 0 Å². The average Bonchev–Trinajstić information content (AvgIpc) is 3.59. The third kappa shape index (κ3) is 5.42. The maximum atomic E-state index is 12.9. The predicted molar refractivity (Wildman–Crippen MR) is 115 cm³/mol. The maximum absolute atomic E-state index is 12.9. The Morgan fingerprint density at radius 1 is 0.875 bits per heavy atom. The van der Waals surface area contributed by atoms with E-state index < -0.39 is 17.6 Å². The molecular weight excluding hydrogens is 421 g/mol. The van der Waals surface area contributed by atoms with Crippen LogP contribution in [0.5, 0.6) is 0 Å². The number of hydrogen-bond acceptors (Lipinski definition) is 4. The molecule has 1 heterocycles. The van der Waals surface area contributed by atoms with Crippen LogP contribution in [-0.2, 0) is 11.0 Å². The lowest BCUT2D eigenvalue weighted by Gasteiger charge is -2.12. The molecule has 32 heavy (non-hydrogen) atoms. The lowest BCUT2D eigenvalue weighted by molar-refractivity contribution is -0.137. The fourth-order valence-corrected chi connectivity index (χ4v) is 3.03. The van der Waals surface area contributed by atoms with E-state index in [9.17, 15) is 22.8 Å². The summed E-state index contributed by atoms with van der Waals surface area (Å²) in [7, 11) is 0. The number of benzene rings is 2. The second kappa shape index (κ2) is 8.70. The van der Waals surface area contributed by atoms with E-state index in [4.69, 9.17) is 0 Å². The molecule has 0 bridgehead atoms. The summed E-state index contributed by atoms with van der Waals surface area (Å²) in [6, 6.07) is 14.4. The van der Waals surface area contributed by atoms with Crippen LogP contribution in [0.25, 0.3) is 0 Å². The zero-order chi connectivity index (χ0) is 22.7. The number of carbonyl (C=O) groups is 2. The van der Waals surface area contributed by atoms with Gasteiger partial charge < -0.3 is 16.0 Å². The Morgan fingerprint density at radius 3 is 2.34 bits per heavy atom. The topological polar surface area (TPSA) is 83.1 Å². The molecule has 3 N–H and O–H groups in total. The highest BCUT2D eigenvalue weighted by atomic mass is 19.4. The third-order valence-electron chi connectivity index (χ3n) is 4.82. The van der Waals surface area contributed by atoms with Crippen LogP contribution in [0, 0.1) is 5.92 Å². The van der Waals surface area contributed by atoms with Gasteiger partial charge in [0.2, 0.25) is 5.91 Å². The summed E-state index contributed by atoms with van der Waals surface area (Å²) in [6.07, 6.45) is -1.18. The second-order valence-electron chi connectivity index (χ2n) is 7.43. The highest BCUT2D eigenvalue weighted by molar-refractivity contribution is 6.04. The largest absolute Gasteiger partial charge is 0.416 e. The van der Waals surface area contributed by atoms with Crippen LogP contribution in [0.1, 0.15) is 28.8 Å². The van der Waals surface area contributed by atoms with E-state index in [2.05, 4.69) is 20.9 Å². The molecule has 2 amide bonds. The molecule has 1 fully saturated rings. The molecule has 0 spiro atoms. The third-order valence-corrected chi connectivity index (χ3v) is 4.82. The van der Waals surface area contributed by atoms with Gasteiger partial charge in [0.1, 0.15) is 5.82 Å². The smallest absolute Gasteiger partial charge is 0.355 e.